The van der Waals surface area contributed by atoms with E-state index in [4.69, 9.17) is 5.73 Å². The van der Waals surface area contributed by atoms with E-state index in [-0.39, 0.29) is 5.82 Å². The Hall–Kier alpha value is -2.96. The number of aromatic nitrogens is 4. The van der Waals surface area contributed by atoms with E-state index in [1.165, 1.54) is 17.1 Å². The number of para-hydroxylation sites is 1. The third-order valence-corrected chi connectivity index (χ3v) is 3.09. The quantitative estimate of drug-likeness (QED) is 0.716. The van der Waals surface area contributed by atoms with Crippen LogP contribution in [0.25, 0.3) is 5.69 Å². The molecule has 0 amide bonds. The predicted molar refractivity (Wildman–Crippen MR) is 77.3 cm³/mol. The van der Waals surface area contributed by atoms with Gasteiger partial charge in [-0.05, 0) is 40.3 Å². The van der Waals surface area contributed by atoms with Gasteiger partial charge in [-0.15, -0.1) is 5.10 Å². The third-order valence-electron chi connectivity index (χ3n) is 3.09. The molecule has 1 aromatic heterocycles. The van der Waals surface area contributed by atoms with Crippen molar-refractivity contribution < 1.29 is 4.39 Å². The van der Waals surface area contributed by atoms with E-state index < -0.39 is 0 Å². The molecule has 0 aliphatic carbocycles. The van der Waals surface area contributed by atoms with Crippen molar-refractivity contribution in [2.45, 2.75) is 6.54 Å². The van der Waals surface area contributed by atoms with Crippen molar-refractivity contribution in [2.24, 2.45) is 0 Å². The standard InChI is InChI=1S/C14H13FN6/c15-12-6-5-11(21-9-18-19-20-21)7-14(12)17-8-10-3-1-2-4-13(10)16/h1-7,9,17H,8,16H2. The number of halogens is 1. The van der Waals surface area contributed by atoms with Crippen LogP contribution in [-0.2, 0) is 6.54 Å². The van der Waals surface area contributed by atoms with Crippen LogP contribution in [0.2, 0.25) is 0 Å². The van der Waals surface area contributed by atoms with Gasteiger partial charge in [0.2, 0.25) is 0 Å². The number of tetrazole rings is 1. The molecule has 3 rings (SSSR count). The number of hydrogen-bond acceptors (Lipinski definition) is 5. The smallest absolute Gasteiger partial charge is 0.146 e. The van der Waals surface area contributed by atoms with E-state index in [0.29, 0.717) is 23.6 Å². The number of nitrogens with zero attached hydrogens (tertiary/aromatic N) is 4. The van der Waals surface area contributed by atoms with Crippen molar-refractivity contribution in [1.29, 1.82) is 0 Å². The zero-order chi connectivity index (χ0) is 14.7. The van der Waals surface area contributed by atoms with Gasteiger partial charge in [0.05, 0.1) is 11.4 Å². The lowest BCUT2D eigenvalue weighted by atomic mass is 10.1. The van der Waals surface area contributed by atoms with Gasteiger partial charge in [0.15, 0.2) is 0 Å². The number of benzene rings is 2. The molecule has 2 aromatic carbocycles. The van der Waals surface area contributed by atoms with Crippen LogP contribution in [0.3, 0.4) is 0 Å². The highest BCUT2D eigenvalue weighted by Gasteiger charge is 2.06. The molecule has 3 aromatic rings. The highest BCUT2D eigenvalue weighted by Crippen LogP contribution is 2.20. The Kier molecular flexibility index (Phi) is 3.46. The van der Waals surface area contributed by atoms with Crippen molar-refractivity contribution in [2.75, 3.05) is 11.1 Å². The highest BCUT2D eigenvalue weighted by molar-refractivity contribution is 5.54. The van der Waals surface area contributed by atoms with Crippen molar-refractivity contribution >= 4 is 11.4 Å². The van der Waals surface area contributed by atoms with Crippen LogP contribution >= 0.6 is 0 Å². The van der Waals surface area contributed by atoms with E-state index in [1.807, 2.05) is 24.3 Å². The fourth-order valence-electron chi connectivity index (χ4n) is 1.96. The summed E-state index contributed by atoms with van der Waals surface area (Å²) in [5.41, 5.74) is 8.48. The maximum atomic E-state index is 13.9. The van der Waals surface area contributed by atoms with E-state index in [2.05, 4.69) is 20.8 Å². The van der Waals surface area contributed by atoms with Gasteiger partial charge >= 0.3 is 0 Å². The Bertz CT molecular complexity index is 741. The van der Waals surface area contributed by atoms with Gasteiger partial charge in [0, 0.05) is 12.2 Å². The SMILES string of the molecule is Nc1ccccc1CNc1cc(-n2cnnn2)ccc1F. The number of hydrogen-bond donors (Lipinski definition) is 2. The van der Waals surface area contributed by atoms with Gasteiger partial charge in [-0.2, -0.15) is 0 Å². The predicted octanol–water partition coefficient (Wildman–Crippen LogP) is 2.00. The summed E-state index contributed by atoms with van der Waals surface area (Å²) in [4.78, 5) is 0. The van der Waals surface area contributed by atoms with Crippen LogP contribution in [0, 0.1) is 5.82 Å². The molecule has 0 radical (unpaired) electrons. The van der Waals surface area contributed by atoms with Gasteiger partial charge in [0.25, 0.3) is 0 Å². The summed E-state index contributed by atoms with van der Waals surface area (Å²) >= 11 is 0. The number of nitrogens with two attached hydrogens (primary N) is 1. The van der Waals surface area contributed by atoms with Crippen molar-refractivity contribution in [3.05, 3.63) is 60.2 Å². The summed E-state index contributed by atoms with van der Waals surface area (Å²) in [5.74, 6) is -0.346. The second-order valence-electron chi connectivity index (χ2n) is 4.47. The van der Waals surface area contributed by atoms with Crippen LogP contribution < -0.4 is 11.1 Å². The molecule has 0 bridgehead atoms. The lowest BCUT2D eigenvalue weighted by molar-refractivity contribution is 0.629. The minimum Gasteiger partial charge on any atom is -0.398 e. The second-order valence-corrected chi connectivity index (χ2v) is 4.47. The van der Waals surface area contributed by atoms with E-state index in [1.54, 1.807) is 12.1 Å². The number of nitrogen functional groups attached to an aromatic ring is 1. The fraction of sp³-hybridized carbons (Fsp3) is 0.0714. The van der Waals surface area contributed by atoms with Crippen LogP contribution in [0.4, 0.5) is 15.8 Å². The highest BCUT2D eigenvalue weighted by atomic mass is 19.1. The first-order chi connectivity index (χ1) is 10.2. The summed E-state index contributed by atoms with van der Waals surface area (Å²) in [7, 11) is 0. The molecular weight excluding hydrogens is 271 g/mol. The zero-order valence-electron chi connectivity index (χ0n) is 11.1. The summed E-state index contributed by atoms with van der Waals surface area (Å²) < 4.78 is 15.3. The molecule has 0 fully saturated rings. The van der Waals surface area contributed by atoms with Gasteiger partial charge in [0.1, 0.15) is 12.1 Å². The Balaban J connectivity index is 1.82. The Morgan fingerprint density at radius 1 is 1.19 bits per heavy atom. The molecule has 21 heavy (non-hydrogen) atoms. The van der Waals surface area contributed by atoms with Gasteiger partial charge in [-0.25, -0.2) is 9.07 Å². The molecule has 0 spiro atoms. The average Bonchev–Trinajstić information content (AvgIpc) is 3.02. The monoisotopic (exact) mass is 284 g/mol. The van der Waals surface area contributed by atoms with Crippen LogP contribution in [0.1, 0.15) is 5.56 Å². The molecule has 6 nitrogen and oxygen atoms in total. The lowest BCUT2D eigenvalue weighted by Crippen LogP contribution is -2.05. The topological polar surface area (TPSA) is 81.6 Å². The van der Waals surface area contributed by atoms with Crippen molar-refractivity contribution in [1.82, 2.24) is 20.2 Å². The van der Waals surface area contributed by atoms with E-state index in [9.17, 15) is 4.39 Å². The van der Waals surface area contributed by atoms with Crippen LogP contribution in [0.5, 0.6) is 0 Å². The number of anilines is 2. The number of rotatable bonds is 4. The molecule has 7 heteroatoms. The molecule has 106 valence electrons. The molecule has 0 atom stereocenters. The largest absolute Gasteiger partial charge is 0.398 e. The Labute approximate surface area is 120 Å². The minimum atomic E-state index is -0.346. The lowest BCUT2D eigenvalue weighted by Gasteiger charge is -2.11. The molecule has 3 N–H and O–H groups in total. The first kappa shape index (κ1) is 13.0. The molecule has 1 heterocycles. The molecule has 0 unspecified atom stereocenters. The summed E-state index contributed by atoms with van der Waals surface area (Å²) in [6.45, 7) is 0.433. The molecule has 0 aliphatic rings. The van der Waals surface area contributed by atoms with Crippen LogP contribution in [-0.4, -0.2) is 20.2 Å². The second kappa shape index (κ2) is 5.58. The van der Waals surface area contributed by atoms with Gasteiger partial charge in [-0.3, -0.25) is 0 Å². The third kappa shape index (κ3) is 2.81. The summed E-state index contributed by atoms with van der Waals surface area (Å²) in [6, 6.07) is 12.1. The zero-order valence-corrected chi connectivity index (χ0v) is 11.1. The molecular formula is C14H13FN6. The Morgan fingerprint density at radius 3 is 2.81 bits per heavy atom. The molecule has 0 aliphatic heterocycles. The van der Waals surface area contributed by atoms with Gasteiger partial charge in [-0.1, -0.05) is 18.2 Å². The fourth-order valence-corrected chi connectivity index (χ4v) is 1.96. The van der Waals surface area contributed by atoms with E-state index >= 15 is 0 Å². The first-order valence-corrected chi connectivity index (χ1v) is 6.34. The minimum absolute atomic E-state index is 0.346. The average molecular weight is 284 g/mol. The molecule has 0 saturated heterocycles. The summed E-state index contributed by atoms with van der Waals surface area (Å²) in [5, 5.41) is 13.9. The normalized spacial score (nSPS) is 10.5. The van der Waals surface area contributed by atoms with Gasteiger partial charge < -0.3 is 11.1 Å². The maximum absolute atomic E-state index is 13.9. The van der Waals surface area contributed by atoms with E-state index in [0.717, 1.165) is 5.56 Å². The first-order valence-electron chi connectivity index (χ1n) is 6.34. The van der Waals surface area contributed by atoms with Crippen LogP contribution in [0.15, 0.2) is 48.8 Å². The number of nitrogens with one attached hydrogen (secondary N) is 1. The van der Waals surface area contributed by atoms with Crippen molar-refractivity contribution in [3.63, 3.8) is 0 Å². The summed E-state index contributed by atoms with van der Waals surface area (Å²) in [6.07, 6.45) is 1.45. The maximum Gasteiger partial charge on any atom is 0.146 e. The Morgan fingerprint density at radius 2 is 2.05 bits per heavy atom. The van der Waals surface area contributed by atoms with Crippen molar-refractivity contribution in [3.8, 4) is 5.69 Å². The molecule has 0 saturated carbocycles.